The van der Waals surface area contributed by atoms with Crippen LogP contribution in [0, 0.1) is 5.82 Å². The molecular weight excluding hydrogens is 344 g/mol. The van der Waals surface area contributed by atoms with Crippen molar-refractivity contribution in [3.8, 4) is 0 Å². The SMILES string of the molecule is CCCCN=C(N)NCCc1ccccc1F.I. The van der Waals surface area contributed by atoms with Gasteiger partial charge in [-0.2, -0.15) is 0 Å². The fraction of sp³-hybridized carbons (Fsp3) is 0.462. The number of halogens is 2. The molecule has 0 heterocycles. The maximum atomic E-state index is 13.3. The van der Waals surface area contributed by atoms with Gasteiger partial charge in [0, 0.05) is 13.1 Å². The van der Waals surface area contributed by atoms with Gasteiger partial charge in [-0.15, -0.1) is 24.0 Å². The molecule has 0 amide bonds. The van der Waals surface area contributed by atoms with Crippen molar-refractivity contribution in [3.63, 3.8) is 0 Å². The standard InChI is InChI=1S/C13H20FN3.HI/c1-2-3-9-16-13(15)17-10-8-11-6-4-5-7-12(11)14;/h4-7H,2-3,8-10H2,1H3,(H3,15,16,17);1H. The average Bonchev–Trinajstić information content (AvgIpc) is 2.32. The summed E-state index contributed by atoms with van der Waals surface area (Å²) in [6.45, 7) is 3.45. The van der Waals surface area contributed by atoms with Crippen LogP contribution in [0.3, 0.4) is 0 Å². The first-order chi connectivity index (χ1) is 8.24. The molecule has 0 fully saturated rings. The quantitative estimate of drug-likeness (QED) is 0.353. The zero-order chi connectivity index (χ0) is 12.5. The first-order valence-corrected chi connectivity index (χ1v) is 6.01. The fourth-order valence-corrected chi connectivity index (χ4v) is 1.44. The van der Waals surface area contributed by atoms with E-state index in [-0.39, 0.29) is 29.8 Å². The molecule has 3 nitrogen and oxygen atoms in total. The van der Waals surface area contributed by atoms with Crippen LogP contribution in [0.1, 0.15) is 25.3 Å². The number of benzene rings is 1. The van der Waals surface area contributed by atoms with E-state index in [4.69, 9.17) is 5.73 Å². The van der Waals surface area contributed by atoms with Crippen molar-refractivity contribution < 1.29 is 4.39 Å². The number of hydrogen-bond donors (Lipinski definition) is 2. The van der Waals surface area contributed by atoms with E-state index in [1.165, 1.54) is 6.07 Å². The number of aliphatic imine (C=N–C) groups is 1. The Bertz CT molecular complexity index is 369. The van der Waals surface area contributed by atoms with Gasteiger partial charge in [0.25, 0.3) is 0 Å². The summed E-state index contributed by atoms with van der Waals surface area (Å²) in [4.78, 5) is 4.16. The Labute approximate surface area is 125 Å². The number of nitrogens with two attached hydrogens (primary N) is 1. The smallest absolute Gasteiger partial charge is 0.188 e. The first-order valence-electron chi connectivity index (χ1n) is 6.01. The number of nitrogens with zero attached hydrogens (tertiary/aromatic N) is 1. The van der Waals surface area contributed by atoms with Crippen LogP contribution in [-0.4, -0.2) is 19.0 Å². The number of guanidine groups is 1. The molecule has 1 rings (SSSR count). The highest BCUT2D eigenvalue weighted by Crippen LogP contribution is 2.05. The largest absolute Gasteiger partial charge is 0.370 e. The molecule has 0 saturated carbocycles. The van der Waals surface area contributed by atoms with E-state index < -0.39 is 0 Å². The topological polar surface area (TPSA) is 50.4 Å². The van der Waals surface area contributed by atoms with Crippen LogP contribution in [0.5, 0.6) is 0 Å². The van der Waals surface area contributed by atoms with Crippen molar-refractivity contribution in [2.75, 3.05) is 13.1 Å². The Morgan fingerprint density at radius 3 is 2.78 bits per heavy atom. The van der Waals surface area contributed by atoms with Gasteiger partial charge in [0.2, 0.25) is 0 Å². The van der Waals surface area contributed by atoms with Crippen molar-refractivity contribution in [1.29, 1.82) is 0 Å². The Hall–Kier alpha value is -0.850. The molecule has 5 heteroatoms. The molecule has 102 valence electrons. The molecule has 0 unspecified atom stereocenters. The molecule has 1 aromatic carbocycles. The molecule has 0 aliphatic carbocycles. The maximum Gasteiger partial charge on any atom is 0.188 e. The highest BCUT2D eigenvalue weighted by atomic mass is 127. The third-order valence-corrected chi connectivity index (χ3v) is 2.45. The molecule has 0 aliphatic heterocycles. The van der Waals surface area contributed by atoms with Crippen LogP contribution >= 0.6 is 24.0 Å². The molecule has 0 aromatic heterocycles. The third-order valence-electron chi connectivity index (χ3n) is 2.45. The van der Waals surface area contributed by atoms with Crippen LogP contribution in [0.25, 0.3) is 0 Å². The Morgan fingerprint density at radius 1 is 1.39 bits per heavy atom. The summed E-state index contributed by atoms with van der Waals surface area (Å²) in [6.07, 6.45) is 2.75. The zero-order valence-electron chi connectivity index (χ0n) is 10.7. The van der Waals surface area contributed by atoms with Gasteiger partial charge in [0.1, 0.15) is 5.82 Å². The summed E-state index contributed by atoms with van der Waals surface area (Å²) in [7, 11) is 0. The van der Waals surface area contributed by atoms with Crippen LogP contribution in [0.4, 0.5) is 4.39 Å². The summed E-state index contributed by atoms with van der Waals surface area (Å²) >= 11 is 0. The lowest BCUT2D eigenvalue weighted by Crippen LogP contribution is -2.33. The lowest BCUT2D eigenvalue weighted by atomic mass is 10.1. The second-order valence-electron chi connectivity index (χ2n) is 3.89. The summed E-state index contributed by atoms with van der Waals surface area (Å²) in [5, 5.41) is 2.98. The predicted molar refractivity (Wildman–Crippen MR) is 84.9 cm³/mol. The van der Waals surface area contributed by atoms with Crippen LogP contribution in [0.15, 0.2) is 29.3 Å². The van der Waals surface area contributed by atoms with E-state index in [0.29, 0.717) is 24.5 Å². The molecule has 0 radical (unpaired) electrons. The van der Waals surface area contributed by atoms with Crippen molar-refractivity contribution in [2.24, 2.45) is 10.7 Å². The summed E-state index contributed by atoms with van der Waals surface area (Å²) < 4.78 is 13.3. The first kappa shape index (κ1) is 17.2. The lowest BCUT2D eigenvalue weighted by Gasteiger charge is -2.06. The summed E-state index contributed by atoms with van der Waals surface area (Å²) in [5.74, 6) is 0.269. The third kappa shape index (κ3) is 6.78. The van der Waals surface area contributed by atoms with E-state index in [0.717, 1.165) is 19.4 Å². The molecular formula is C13H21FIN3. The Kier molecular flexibility index (Phi) is 9.63. The molecule has 3 N–H and O–H groups in total. The Balaban J connectivity index is 0.00000289. The van der Waals surface area contributed by atoms with E-state index >= 15 is 0 Å². The molecule has 0 bridgehead atoms. The van der Waals surface area contributed by atoms with Gasteiger partial charge >= 0.3 is 0 Å². The number of hydrogen-bond acceptors (Lipinski definition) is 1. The average molecular weight is 365 g/mol. The zero-order valence-corrected chi connectivity index (χ0v) is 13.0. The van der Waals surface area contributed by atoms with Gasteiger partial charge in [-0.05, 0) is 24.5 Å². The minimum atomic E-state index is -0.171. The second kappa shape index (κ2) is 10.1. The van der Waals surface area contributed by atoms with Gasteiger partial charge in [-0.3, -0.25) is 4.99 Å². The number of unbranched alkanes of at least 4 members (excludes halogenated alkanes) is 1. The number of rotatable bonds is 6. The maximum absolute atomic E-state index is 13.3. The van der Waals surface area contributed by atoms with Crippen molar-refractivity contribution in [3.05, 3.63) is 35.6 Å². The van der Waals surface area contributed by atoms with Gasteiger partial charge in [-0.1, -0.05) is 31.5 Å². The summed E-state index contributed by atoms with van der Waals surface area (Å²) in [6, 6.07) is 6.76. The molecule has 0 spiro atoms. The highest BCUT2D eigenvalue weighted by Gasteiger charge is 1.99. The monoisotopic (exact) mass is 365 g/mol. The Morgan fingerprint density at radius 2 is 2.11 bits per heavy atom. The van der Waals surface area contributed by atoms with E-state index in [1.54, 1.807) is 12.1 Å². The van der Waals surface area contributed by atoms with E-state index in [9.17, 15) is 4.39 Å². The van der Waals surface area contributed by atoms with Crippen LogP contribution in [-0.2, 0) is 6.42 Å². The van der Waals surface area contributed by atoms with Crippen LogP contribution in [0.2, 0.25) is 0 Å². The molecule has 1 aromatic rings. The predicted octanol–water partition coefficient (Wildman–Crippen LogP) is 2.69. The molecule has 18 heavy (non-hydrogen) atoms. The fourth-order valence-electron chi connectivity index (χ4n) is 1.44. The minimum absolute atomic E-state index is 0. The lowest BCUT2D eigenvalue weighted by molar-refractivity contribution is 0.607. The van der Waals surface area contributed by atoms with Crippen molar-refractivity contribution in [1.82, 2.24) is 5.32 Å². The summed E-state index contributed by atoms with van der Waals surface area (Å²) in [5.41, 5.74) is 6.36. The minimum Gasteiger partial charge on any atom is -0.370 e. The molecule has 0 atom stereocenters. The van der Waals surface area contributed by atoms with Crippen molar-refractivity contribution >= 4 is 29.9 Å². The van der Waals surface area contributed by atoms with E-state index in [2.05, 4.69) is 17.2 Å². The number of nitrogens with one attached hydrogen (secondary N) is 1. The van der Waals surface area contributed by atoms with Gasteiger partial charge in [-0.25, -0.2) is 4.39 Å². The van der Waals surface area contributed by atoms with Gasteiger partial charge < -0.3 is 11.1 Å². The molecule has 0 saturated heterocycles. The van der Waals surface area contributed by atoms with Crippen LogP contribution < -0.4 is 11.1 Å². The molecule has 0 aliphatic rings. The normalized spacial score (nSPS) is 10.9. The van der Waals surface area contributed by atoms with E-state index in [1.807, 2.05) is 6.07 Å². The van der Waals surface area contributed by atoms with Gasteiger partial charge in [0.05, 0.1) is 0 Å². The van der Waals surface area contributed by atoms with Crippen molar-refractivity contribution in [2.45, 2.75) is 26.2 Å². The second-order valence-corrected chi connectivity index (χ2v) is 3.89. The van der Waals surface area contributed by atoms with Gasteiger partial charge in [0.15, 0.2) is 5.96 Å². The highest BCUT2D eigenvalue weighted by molar-refractivity contribution is 14.0.